The number of nitrogens with zero attached hydrogens (tertiary/aromatic N) is 5. The third-order valence-electron chi connectivity index (χ3n) is 7.05. The van der Waals surface area contributed by atoms with Crippen molar-refractivity contribution < 1.29 is 9.18 Å². The number of para-hydroxylation sites is 2. The number of amides is 1. The number of piperazine rings is 1. The van der Waals surface area contributed by atoms with Crippen LogP contribution >= 0.6 is 0 Å². The topological polar surface area (TPSA) is 44.6 Å². The Kier molecular flexibility index (Phi) is 6.31. The van der Waals surface area contributed by atoms with Gasteiger partial charge in [0.25, 0.3) is 0 Å². The molecule has 2 aliphatic heterocycles. The Bertz CT molecular complexity index is 1100. The van der Waals surface area contributed by atoms with Gasteiger partial charge in [-0.2, -0.15) is 0 Å². The Hall–Kier alpha value is -2.93. The summed E-state index contributed by atoms with van der Waals surface area (Å²) in [7, 11) is 0. The molecule has 174 valence electrons. The van der Waals surface area contributed by atoms with Crippen molar-refractivity contribution in [1.29, 1.82) is 0 Å². The number of halogens is 1. The molecule has 0 saturated carbocycles. The lowest BCUT2D eigenvalue weighted by molar-refractivity contribution is -0.137. The third-order valence-corrected chi connectivity index (χ3v) is 7.05. The van der Waals surface area contributed by atoms with Gasteiger partial charge in [0.1, 0.15) is 11.6 Å². The lowest BCUT2D eigenvalue weighted by Crippen LogP contribution is -2.52. The summed E-state index contributed by atoms with van der Waals surface area (Å²) in [6.45, 7) is 8.65. The largest absolute Gasteiger partial charge is 0.368 e. The summed E-state index contributed by atoms with van der Waals surface area (Å²) in [6, 6.07) is 14.9. The average molecular weight is 450 g/mol. The monoisotopic (exact) mass is 449 g/mol. The van der Waals surface area contributed by atoms with E-state index in [2.05, 4.69) is 39.5 Å². The minimum Gasteiger partial charge on any atom is -0.368 e. The van der Waals surface area contributed by atoms with Crippen molar-refractivity contribution in [1.82, 2.24) is 19.4 Å². The van der Waals surface area contributed by atoms with Crippen molar-refractivity contribution in [3.05, 3.63) is 60.2 Å². The maximum absolute atomic E-state index is 13.3. The van der Waals surface area contributed by atoms with Gasteiger partial charge in [-0.15, -0.1) is 0 Å². The van der Waals surface area contributed by atoms with Gasteiger partial charge in [-0.3, -0.25) is 9.69 Å². The molecule has 2 fully saturated rings. The number of piperidine rings is 1. The minimum absolute atomic E-state index is 0.0515. The Balaban J connectivity index is 1.20. The lowest BCUT2D eigenvalue weighted by Gasteiger charge is -2.39. The average Bonchev–Trinajstić information content (AvgIpc) is 3.21. The SMILES string of the molecule is CCn1c(CN2CCC[C@@H](C(=O)N3CCN(c4ccc(F)cc4)CC3)C2)nc2ccccc21. The standard InChI is InChI=1S/C26H32FN5O/c1-2-32-24-8-4-3-7-23(24)28-25(32)19-29-13-5-6-20(18-29)26(33)31-16-14-30(15-17-31)22-11-9-21(27)10-12-22/h3-4,7-12,20H,2,5-6,13-19H2,1H3/t20-/m1/s1. The quantitative estimate of drug-likeness (QED) is 0.595. The molecule has 0 bridgehead atoms. The molecule has 1 aromatic heterocycles. The molecule has 1 amide bonds. The van der Waals surface area contributed by atoms with Crippen LogP contribution in [0.25, 0.3) is 11.0 Å². The van der Waals surface area contributed by atoms with Crippen molar-refractivity contribution in [3.63, 3.8) is 0 Å². The molecule has 33 heavy (non-hydrogen) atoms. The molecule has 0 aliphatic carbocycles. The van der Waals surface area contributed by atoms with Crippen LogP contribution in [0.5, 0.6) is 0 Å². The molecular weight excluding hydrogens is 417 g/mol. The highest BCUT2D eigenvalue weighted by Crippen LogP contribution is 2.24. The van der Waals surface area contributed by atoms with Crippen LogP contribution in [-0.2, 0) is 17.9 Å². The van der Waals surface area contributed by atoms with Crippen molar-refractivity contribution in [2.24, 2.45) is 5.92 Å². The van der Waals surface area contributed by atoms with Gasteiger partial charge >= 0.3 is 0 Å². The molecule has 1 atom stereocenters. The molecule has 7 heteroatoms. The summed E-state index contributed by atoms with van der Waals surface area (Å²) in [4.78, 5) is 24.8. The number of carbonyl (C=O) groups excluding carboxylic acids is 1. The zero-order chi connectivity index (χ0) is 22.8. The highest BCUT2D eigenvalue weighted by molar-refractivity contribution is 5.79. The van der Waals surface area contributed by atoms with Crippen molar-refractivity contribution in [2.75, 3.05) is 44.2 Å². The highest BCUT2D eigenvalue weighted by Gasteiger charge is 2.31. The molecule has 3 heterocycles. The van der Waals surface area contributed by atoms with Crippen LogP contribution in [0.1, 0.15) is 25.6 Å². The van der Waals surface area contributed by atoms with Gasteiger partial charge < -0.3 is 14.4 Å². The first-order valence-electron chi connectivity index (χ1n) is 12.1. The van der Waals surface area contributed by atoms with Crippen molar-refractivity contribution >= 4 is 22.6 Å². The van der Waals surface area contributed by atoms with Crippen LogP contribution in [-0.4, -0.2) is 64.5 Å². The second kappa shape index (κ2) is 9.51. The van der Waals surface area contributed by atoms with E-state index in [-0.39, 0.29) is 17.6 Å². The number of hydrogen-bond acceptors (Lipinski definition) is 4. The van der Waals surface area contributed by atoms with E-state index >= 15 is 0 Å². The fourth-order valence-electron chi connectivity index (χ4n) is 5.29. The summed E-state index contributed by atoms with van der Waals surface area (Å²) in [5.74, 6) is 1.20. The second-order valence-corrected chi connectivity index (χ2v) is 9.12. The van der Waals surface area contributed by atoms with Crippen molar-refractivity contribution in [2.45, 2.75) is 32.9 Å². The normalized spacial score (nSPS) is 19.9. The number of aromatic nitrogens is 2. The van der Waals surface area contributed by atoms with Gasteiger partial charge in [-0.1, -0.05) is 12.1 Å². The highest BCUT2D eigenvalue weighted by atomic mass is 19.1. The van der Waals surface area contributed by atoms with E-state index in [1.807, 2.05) is 23.1 Å². The molecule has 3 aromatic rings. The van der Waals surface area contributed by atoms with Crippen LogP contribution in [0.4, 0.5) is 10.1 Å². The van der Waals surface area contributed by atoms with E-state index in [9.17, 15) is 9.18 Å². The summed E-state index contributed by atoms with van der Waals surface area (Å²) in [5.41, 5.74) is 3.24. The Labute approximate surface area is 194 Å². The molecule has 2 aromatic carbocycles. The number of carbonyl (C=O) groups is 1. The summed E-state index contributed by atoms with van der Waals surface area (Å²) in [5, 5.41) is 0. The number of aryl methyl sites for hydroxylation is 1. The molecular formula is C26H32FN5O. The second-order valence-electron chi connectivity index (χ2n) is 9.12. The van der Waals surface area contributed by atoms with Crippen LogP contribution in [0.3, 0.4) is 0 Å². The molecule has 0 unspecified atom stereocenters. The first-order valence-corrected chi connectivity index (χ1v) is 12.1. The van der Waals surface area contributed by atoms with Gasteiger partial charge in [0.05, 0.1) is 23.5 Å². The minimum atomic E-state index is -0.219. The number of anilines is 1. The predicted octanol–water partition coefficient (Wildman–Crippen LogP) is 3.76. The summed E-state index contributed by atoms with van der Waals surface area (Å²) >= 11 is 0. The van der Waals surface area contributed by atoms with Gasteiger partial charge in [-0.05, 0) is 62.7 Å². The maximum Gasteiger partial charge on any atom is 0.227 e. The first-order chi connectivity index (χ1) is 16.1. The number of rotatable bonds is 5. The molecule has 0 spiro atoms. The molecule has 6 nitrogen and oxygen atoms in total. The summed E-state index contributed by atoms with van der Waals surface area (Å²) < 4.78 is 15.5. The van der Waals surface area contributed by atoms with Gasteiger partial charge in [0, 0.05) is 45.0 Å². The number of fused-ring (bicyclic) bond motifs is 1. The fourth-order valence-corrected chi connectivity index (χ4v) is 5.29. The summed E-state index contributed by atoms with van der Waals surface area (Å²) in [6.07, 6.45) is 2.00. The van der Waals surface area contributed by atoms with Gasteiger partial charge in [0.15, 0.2) is 0 Å². The van der Waals surface area contributed by atoms with Crippen LogP contribution < -0.4 is 4.90 Å². The third kappa shape index (κ3) is 4.60. The zero-order valence-corrected chi connectivity index (χ0v) is 19.3. The Morgan fingerprint density at radius 2 is 1.79 bits per heavy atom. The molecule has 2 aliphatic rings. The first kappa shape index (κ1) is 21.9. The van der Waals surface area contributed by atoms with E-state index < -0.39 is 0 Å². The van der Waals surface area contributed by atoms with Gasteiger partial charge in [-0.25, -0.2) is 9.37 Å². The number of imidazole rings is 1. The van der Waals surface area contributed by atoms with E-state index in [0.29, 0.717) is 0 Å². The van der Waals surface area contributed by atoms with E-state index in [1.54, 1.807) is 0 Å². The number of benzene rings is 2. The van der Waals surface area contributed by atoms with Crippen molar-refractivity contribution in [3.8, 4) is 0 Å². The van der Waals surface area contributed by atoms with E-state index in [0.717, 1.165) is 82.2 Å². The zero-order valence-electron chi connectivity index (χ0n) is 19.3. The van der Waals surface area contributed by atoms with Crippen LogP contribution in [0, 0.1) is 11.7 Å². The number of likely N-dealkylation sites (tertiary alicyclic amines) is 1. The lowest BCUT2D eigenvalue weighted by atomic mass is 9.96. The maximum atomic E-state index is 13.3. The number of hydrogen-bond donors (Lipinski definition) is 0. The van der Waals surface area contributed by atoms with E-state index in [1.165, 1.54) is 17.6 Å². The molecule has 0 radical (unpaired) electrons. The van der Waals surface area contributed by atoms with E-state index in [4.69, 9.17) is 4.98 Å². The fraction of sp³-hybridized carbons (Fsp3) is 0.462. The Morgan fingerprint density at radius 1 is 1.03 bits per heavy atom. The molecule has 5 rings (SSSR count). The van der Waals surface area contributed by atoms with Crippen LogP contribution in [0.2, 0.25) is 0 Å². The predicted molar refractivity (Wildman–Crippen MR) is 129 cm³/mol. The molecule has 2 saturated heterocycles. The van der Waals surface area contributed by atoms with Crippen LogP contribution in [0.15, 0.2) is 48.5 Å². The molecule has 0 N–H and O–H groups in total. The Morgan fingerprint density at radius 3 is 2.55 bits per heavy atom. The van der Waals surface area contributed by atoms with Gasteiger partial charge in [0.2, 0.25) is 5.91 Å². The smallest absolute Gasteiger partial charge is 0.227 e.